The third-order valence-corrected chi connectivity index (χ3v) is 5.93. The van der Waals surface area contributed by atoms with Crippen LogP contribution in [0.3, 0.4) is 0 Å². The molecule has 112 valence electrons. The monoisotopic (exact) mass is 365 g/mol. The van der Waals surface area contributed by atoms with Crippen LogP contribution in [-0.2, 0) is 14.8 Å². The number of alkyl halides is 1. The Kier molecular flexibility index (Phi) is 4.84. The average molecular weight is 366 g/mol. The van der Waals surface area contributed by atoms with Crippen LogP contribution in [0.1, 0.15) is 12.5 Å². The molecule has 0 aliphatic carbocycles. The summed E-state index contributed by atoms with van der Waals surface area (Å²) < 4.78 is 45.5. The molecule has 1 saturated heterocycles. The van der Waals surface area contributed by atoms with Crippen LogP contribution in [0.4, 0.5) is 4.39 Å². The van der Waals surface area contributed by atoms with Gasteiger partial charge in [-0.3, -0.25) is 0 Å². The van der Waals surface area contributed by atoms with Crippen LogP contribution in [0.2, 0.25) is 0 Å². The maximum Gasteiger partial charge on any atom is 0.243 e. The van der Waals surface area contributed by atoms with Gasteiger partial charge in [0.25, 0.3) is 0 Å². The zero-order valence-corrected chi connectivity index (χ0v) is 13.7. The number of aryl methyl sites for hydroxylation is 1. The first-order valence-corrected chi connectivity index (χ1v) is 8.88. The van der Waals surface area contributed by atoms with Crippen molar-refractivity contribution in [2.75, 3.05) is 18.4 Å². The number of ether oxygens (including phenoxy) is 1. The molecule has 1 fully saturated rings. The molecule has 2 atom stereocenters. The Bertz CT molecular complexity index is 593. The van der Waals surface area contributed by atoms with E-state index in [1.807, 2.05) is 6.92 Å². The van der Waals surface area contributed by atoms with Crippen molar-refractivity contribution in [1.82, 2.24) is 4.31 Å². The topological polar surface area (TPSA) is 46.6 Å². The standard InChI is InChI=1S/C13H17BrFNO3S/c1-9-5-11(15)3-4-13(9)20(17,18)16-7-10(2)19-12(6-14)8-16/h3-5,10,12H,6-8H2,1-2H3. The van der Waals surface area contributed by atoms with E-state index in [1.54, 1.807) is 6.92 Å². The van der Waals surface area contributed by atoms with Gasteiger partial charge in [-0.15, -0.1) is 0 Å². The number of halogens is 2. The van der Waals surface area contributed by atoms with E-state index in [0.717, 1.165) is 0 Å². The smallest absolute Gasteiger partial charge is 0.243 e. The summed E-state index contributed by atoms with van der Waals surface area (Å²) in [7, 11) is -3.62. The zero-order valence-electron chi connectivity index (χ0n) is 11.3. The molecule has 4 nitrogen and oxygen atoms in total. The van der Waals surface area contributed by atoms with Gasteiger partial charge in [0.15, 0.2) is 0 Å². The molecule has 0 spiro atoms. The summed E-state index contributed by atoms with van der Waals surface area (Å²) in [5, 5.41) is 0.575. The Morgan fingerprint density at radius 3 is 2.75 bits per heavy atom. The van der Waals surface area contributed by atoms with E-state index >= 15 is 0 Å². The van der Waals surface area contributed by atoms with E-state index in [4.69, 9.17) is 4.74 Å². The third kappa shape index (κ3) is 3.21. The van der Waals surface area contributed by atoms with Crippen LogP contribution in [-0.4, -0.2) is 43.4 Å². The second kappa shape index (κ2) is 6.09. The lowest BCUT2D eigenvalue weighted by atomic mass is 10.2. The molecule has 1 aliphatic rings. The molecule has 20 heavy (non-hydrogen) atoms. The second-order valence-corrected chi connectivity index (χ2v) is 7.51. The number of benzene rings is 1. The fourth-order valence-corrected chi connectivity index (χ4v) is 4.44. The van der Waals surface area contributed by atoms with Gasteiger partial charge in [-0.05, 0) is 37.6 Å². The molecule has 2 rings (SSSR count). The van der Waals surface area contributed by atoms with Gasteiger partial charge in [0.05, 0.1) is 17.1 Å². The molecule has 1 aromatic carbocycles. The first-order chi connectivity index (χ1) is 9.34. The molecule has 1 aromatic rings. The van der Waals surface area contributed by atoms with E-state index in [9.17, 15) is 12.8 Å². The number of nitrogens with zero attached hydrogens (tertiary/aromatic N) is 1. The predicted molar refractivity (Wildman–Crippen MR) is 78.0 cm³/mol. The summed E-state index contributed by atoms with van der Waals surface area (Å²) in [6.07, 6.45) is -0.337. The number of rotatable bonds is 3. The fourth-order valence-electron chi connectivity index (χ4n) is 2.33. The molecule has 1 heterocycles. The number of sulfonamides is 1. The van der Waals surface area contributed by atoms with Gasteiger partial charge in [-0.1, -0.05) is 15.9 Å². The predicted octanol–water partition coefficient (Wildman–Crippen LogP) is 2.31. The highest BCUT2D eigenvalue weighted by molar-refractivity contribution is 9.09. The molecular weight excluding hydrogens is 349 g/mol. The second-order valence-electron chi connectivity index (χ2n) is 4.95. The van der Waals surface area contributed by atoms with Crippen molar-refractivity contribution in [2.24, 2.45) is 0 Å². The summed E-state index contributed by atoms with van der Waals surface area (Å²) in [5.41, 5.74) is 0.416. The van der Waals surface area contributed by atoms with Crippen LogP contribution in [0.25, 0.3) is 0 Å². The van der Waals surface area contributed by atoms with E-state index in [1.165, 1.54) is 22.5 Å². The quantitative estimate of drug-likeness (QED) is 0.772. The molecule has 0 saturated carbocycles. The molecule has 0 aromatic heterocycles. The Morgan fingerprint density at radius 2 is 2.15 bits per heavy atom. The Morgan fingerprint density at radius 1 is 1.45 bits per heavy atom. The van der Waals surface area contributed by atoms with E-state index in [0.29, 0.717) is 24.0 Å². The number of morpholine rings is 1. The Hall–Kier alpha value is -0.500. The third-order valence-electron chi connectivity index (χ3n) is 3.22. The maximum atomic E-state index is 13.1. The van der Waals surface area contributed by atoms with Gasteiger partial charge < -0.3 is 4.74 Å². The summed E-state index contributed by atoms with van der Waals surface area (Å²) in [6, 6.07) is 3.73. The van der Waals surface area contributed by atoms with E-state index in [-0.39, 0.29) is 17.1 Å². The van der Waals surface area contributed by atoms with Gasteiger partial charge in [-0.2, -0.15) is 4.31 Å². The van der Waals surface area contributed by atoms with Gasteiger partial charge in [0.2, 0.25) is 10.0 Å². The highest BCUT2D eigenvalue weighted by Crippen LogP contribution is 2.24. The molecule has 0 N–H and O–H groups in total. The first kappa shape index (κ1) is 15.9. The average Bonchev–Trinajstić information content (AvgIpc) is 2.37. The van der Waals surface area contributed by atoms with Crippen LogP contribution in [0.5, 0.6) is 0 Å². The van der Waals surface area contributed by atoms with Gasteiger partial charge in [0, 0.05) is 18.4 Å². The number of hydrogen-bond donors (Lipinski definition) is 0. The Labute approximate surface area is 127 Å². The zero-order chi connectivity index (χ0) is 14.9. The van der Waals surface area contributed by atoms with Gasteiger partial charge in [0.1, 0.15) is 5.82 Å². The lowest BCUT2D eigenvalue weighted by molar-refractivity contribution is -0.0411. The summed E-state index contributed by atoms with van der Waals surface area (Å²) in [6.45, 7) is 4.05. The molecular formula is C13H17BrFNO3S. The largest absolute Gasteiger partial charge is 0.372 e. The van der Waals surface area contributed by atoms with Gasteiger partial charge >= 0.3 is 0 Å². The summed E-state index contributed by atoms with van der Waals surface area (Å²) in [5.74, 6) is -0.435. The van der Waals surface area contributed by atoms with Crippen molar-refractivity contribution in [3.05, 3.63) is 29.6 Å². The Balaban J connectivity index is 2.34. The van der Waals surface area contributed by atoms with Crippen molar-refractivity contribution in [3.63, 3.8) is 0 Å². The summed E-state index contributed by atoms with van der Waals surface area (Å²) in [4.78, 5) is 0.154. The van der Waals surface area contributed by atoms with Crippen LogP contribution in [0.15, 0.2) is 23.1 Å². The highest BCUT2D eigenvalue weighted by Gasteiger charge is 2.34. The highest BCUT2D eigenvalue weighted by atomic mass is 79.9. The fraction of sp³-hybridized carbons (Fsp3) is 0.538. The lowest BCUT2D eigenvalue weighted by Gasteiger charge is -2.35. The minimum absolute atomic E-state index is 0.154. The van der Waals surface area contributed by atoms with Crippen molar-refractivity contribution < 1.29 is 17.5 Å². The lowest BCUT2D eigenvalue weighted by Crippen LogP contribution is -2.49. The molecule has 2 unspecified atom stereocenters. The summed E-state index contributed by atoms with van der Waals surface area (Å²) >= 11 is 3.32. The van der Waals surface area contributed by atoms with Crippen molar-refractivity contribution >= 4 is 26.0 Å². The molecule has 0 radical (unpaired) electrons. The van der Waals surface area contributed by atoms with Crippen molar-refractivity contribution in [1.29, 1.82) is 0 Å². The van der Waals surface area contributed by atoms with Crippen molar-refractivity contribution in [2.45, 2.75) is 31.0 Å². The van der Waals surface area contributed by atoms with Crippen LogP contribution < -0.4 is 0 Å². The van der Waals surface area contributed by atoms with Crippen LogP contribution in [0, 0.1) is 12.7 Å². The van der Waals surface area contributed by atoms with Gasteiger partial charge in [-0.25, -0.2) is 12.8 Å². The number of hydrogen-bond acceptors (Lipinski definition) is 3. The first-order valence-electron chi connectivity index (χ1n) is 6.32. The SMILES string of the molecule is Cc1cc(F)ccc1S(=O)(=O)N1CC(C)OC(CBr)C1. The normalized spacial score (nSPS) is 24.8. The minimum Gasteiger partial charge on any atom is -0.372 e. The molecule has 1 aliphatic heterocycles. The van der Waals surface area contributed by atoms with E-state index < -0.39 is 15.8 Å². The van der Waals surface area contributed by atoms with Crippen molar-refractivity contribution in [3.8, 4) is 0 Å². The minimum atomic E-state index is -3.62. The van der Waals surface area contributed by atoms with Crippen LogP contribution >= 0.6 is 15.9 Å². The molecule has 0 amide bonds. The molecule has 7 heteroatoms. The molecule has 0 bridgehead atoms. The van der Waals surface area contributed by atoms with E-state index in [2.05, 4.69) is 15.9 Å². The maximum absolute atomic E-state index is 13.1.